The molecule has 1 aliphatic rings. The molecule has 8 heteroatoms. The van der Waals surface area contributed by atoms with Gasteiger partial charge < -0.3 is 14.7 Å². The summed E-state index contributed by atoms with van der Waals surface area (Å²) < 4.78 is 32.1. The van der Waals surface area contributed by atoms with E-state index in [4.69, 9.17) is 4.74 Å². The molecule has 1 amide bonds. The van der Waals surface area contributed by atoms with Crippen molar-refractivity contribution in [1.29, 1.82) is 0 Å². The third kappa shape index (κ3) is 4.40. The van der Waals surface area contributed by atoms with Crippen LogP contribution >= 0.6 is 0 Å². The smallest absolute Gasteiger partial charge is 0.410 e. The van der Waals surface area contributed by atoms with Crippen LogP contribution in [0.4, 0.5) is 4.79 Å². The molecule has 0 saturated carbocycles. The molecule has 0 spiro atoms. The summed E-state index contributed by atoms with van der Waals surface area (Å²) in [6.07, 6.45) is -0.464. The summed E-state index contributed by atoms with van der Waals surface area (Å²) in [5, 5.41) is 9.93. The number of piperazine rings is 1. The van der Waals surface area contributed by atoms with E-state index < -0.39 is 16.1 Å². The highest BCUT2D eigenvalue weighted by molar-refractivity contribution is 7.89. The number of phenols is 1. The molecule has 1 heterocycles. The fourth-order valence-corrected chi connectivity index (χ4v) is 4.48. The number of aryl methyl sites for hydroxylation is 1. The van der Waals surface area contributed by atoms with Gasteiger partial charge >= 0.3 is 6.09 Å². The predicted molar refractivity (Wildman–Crippen MR) is 99.8 cm³/mol. The van der Waals surface area contributed by atoms with Gasteiger partial charge in [-0.25, -0.2) is 13.2 Å². The highest BCUT2D eigenvalue weighted by Crippen LogP contribution is 2.27. The molecule has 0 atom stereocenters. The molecule has 0 unspecified atom stereocenters. The van der Waals surface area contributed by atoms with Crippen LogP contribution in [0.3, 0.4) is 0 Å². The van der Waals surface area contributed by atoms with Crippen LogP contribution in [-0.4, -0.2) is 55.0 Å². The number of nitrogens with zero attached hydrogens (tertiary/aromatic N) is 2. The van der Waals surface area contributed by atoms with E-state index in [0.29, 0.717) is 0 Å². The lowest BCUT2D eigenvalue weighted by atomic mass is 10.2. The number of hydrogen-bond donors (Lipinski definition) is 1. The van der Waals surface area contributed by atoms with Crippen molar-refractivity contribution in [2.24, 2.45) is 0 Å². The Morgan fingerprint density at radius 2 is 1.74 bits per heavy atom. The molecule has 2 aromatic carbocycles. The number of amides is 1. The van der Waals surface area contributed by atoms with Gasteiger partial charge in [0.1, 0.15) is 17.3 Å². The first-order chi connectivity index (χ1) is 12.9. The Labute approximate surface area is 158 Å². The number of hydrogen-bond acceptors (Lipinski definition) is 5. The van der Waals surface area contributed by atoms with Gasteiger partial charge in [0.25, 0.3) is 0 Å². The van der Waals surface area contributed by atoms with Crippen LogP contribution in [0.15, 0.2) is 53.4 Å². The summed E-state index contributed by atoms with van der Waals surface area (Å²) in [7, 11) is -3.82. The number of rotatable bonds is 4. The molecule has 3 rings (SSSR count). The zero-order valence-corrected chi connectivity index (χ0v) is 15.9. The van der Waals surface area contributed by atoms with Crippen molar-refractivity contribution >= 4 is 16.1 Å². The van der Waals surface area contributed by atoms with Gasteiger partial charge in [-0.2, -0.15) is 4.31 Å². The van der Waals surface area contributed by atoms with E-state index in [-0.39, 0.29) is 43.4 Å². The lowest BCUT2D eigenvalue weighted by Gasteiger charge is -2.33. The SMILES string of the molecule is Cc1ccc(O)c(S(=O)(=O)N2CCN(C(=O)OCc3ccccc3)CC2)c1. The van der Waals surface area contributed by atoms with Gasteiger partial charge in [-0.05, 0) is 30.2 Å². The Morgan fingerprint density at radius 3 is 2.41 bits per heavy atom. The number of aromatic hydroxyl groups is 1. The third-order valence-electron chi connectivity index (χ3n) is 4.44. The molecular formula is C19H22N2O5S. The monoisotopic (exact) mass is 390 g/mol. The first-order valence-electron chi connectivity index (χ1n) is 8.63. The van der Waals surface area contributed by atoms with Gasteiger partial charge in [0.2, 0.25) is 10.0 Å². The molecule has 0 aromatic heterocycles. The van der Waals surface area contributed by atoms with Gasteiger partial charge in [0.15, 0.2) is 0 Å². The fraction of sp³-hybridized carbons (Fsp3) is 0.316. The second-order valence-electron chi connectivity index (χ2n) is 6.40. The summed E-state index contributed by atoms with van der Waals surface area (Å²) in [6, 6.07) is 13.8. The second-order valence-corrected chi connectivity index (χ2v) is 8.31. The van der Waals surface area contributed by atoms with Crippen LogP contribution < -0.4 is 0 Å². The van der Waals surface area contributed by atoms with Crippen LogP contribution in [0.2, 0.25) is 0 Å². The standard InChI is InChI=1S/C19H22N2O5S/c1-15-7-8-17(22)18(13-15)27(24,25)21-11-9-20(10-12-21)19(23)26-14-16-5-3-2-4-6-16/h2-8,13,22H,9-12,14H2,1H3. The van der Waals surface area contributed by atoms with Crippen LogP contribution in [0.1, 0.15) is 11.1 Å². The molecule has 1 saturated heterocycles. The van der Waals surface area contributed by atoms with Crippen molar-refractivity contribution in [3.63, 3.8) is 0 Å². The summed E-state index contributed by atoms with van der Waals surface area (Å²) in [5.74, 6) is -0.273. The summed E-state index contributed by atoms with van der Waals surface area (Å²) in [5.41, 5.74) is 1.64. The lowest BCUT2D eigenvalue weighted by molar-refractivity contribution is 0.0838. The van der Waals surface area contributed by atoms with E-state index in [1.165, 1.54) is 21.3 Å². The molecule has 0 radical (unpaired) electrons. The fourth-order valence-electron chi connectivity index (χ4n) is 2.89. The van der Waals surface area contributed by atoms with Crippen molar-refractivity contribution < 1.29 is 23.1 Å². The summed E-state index contributed by atoms with van der Waals surface area (Å²) >= 11 is 0. The molecule has 27 heavy (non-hydrogen) atoms. The average molecular weight is 390 g/mol. The van der Waals surface area contributed by atoms with E-state index in [1.807, 2.05) is 30.3 Å². The minimum atomic E-state index is -3.82. The van der Waals surface area contributed by atoms with Crippen molar-refractivity contribution in [3.05, 3.63) is 59.7 Å². The minimum Gasteiger partial charge on any atom is -0.507 e. The lowest BCUT2D eigenvalue weighted by Crippen LogP contribution is -2.50. The number of carbonyl (C=O) groups excluding carboxylic acids is 1. The Morgan fingerprint density at radius 1 is 1.07 bits per heavy atom. The molecule has 0 aliphatic carbocycles. The summed E-state index contributed by atoms with van der Waals surface area (Å²) in [4.78, 5) is 13.6. The zero-order chi connectivity index (χ0) is 19.4. The summed E-state index contributed by atoms with van der Waals surface area (Å²) in [6.45, 7) is 2.71. The topological polar surface area (TPSA) is 87.2 Å². The third-order valence-corrected chi connectivity index (χ3v) is 6.36. The Bertz CT molecular complexity index is 907. The zero-order valence-electron chi connectivity index (χ0n) is 15.0. The maximum absolute atomic E-state index is 12.8. The van der Waals surface area contributed by atoms with Gasteiger partial charge in [-0.1, -0.05) is 36.4 Å². The Balaban J connectivity index is 1.59. The van der Waals surface area contributed by atoms with Crippen molar-refractivity contribution in [3.8, 4) is 5.75 Å². The molecule has 7 nitrogen and oxygen atoms in total. The van der Waals surface area contributed by atoms with E-state index in [1.54, 1.807) is 13.0 Å². The normalized spacial score (nSPS) is 15.5. The predicted octanol–water partition coefficient (Wildman–Crippen LogP) is 2.34. The van der Waals surface area contributed by atoms with Crippen LogP contribution in [0, 0.1) is 6.92 Å². The van der Waals surface area contributed by atoms with Gasteiger partial charge in [0, 0.05) is 26.2 Å². The minimum absolute atomic E-state index is 0.109. The second kappa shape index (κ2) is 7.98. The van der Waals surface area contributed by atoms with Gasteiger partial charge in [0.05, 0.1) is 0 Å². The number of benzene rings is 2. The van der Waals surface area contributed by atoms with Crippen LogP contribution in [0.25, 0.3) is 0 Å². The Hall–Kier alpha value is -2.58. The maximum Gasteiger partial charge on any atom is 0.410 e. The van der Waals surface area contributed by atoms with Crippen molar-refractivity contribution in [1.82, 2.24) is 9.21 Å². The van der Waals surface area contributed by atoms with Crippen molar-refractivity contribution in [2.75, 3.05) is 26.2 Å². The molecular weight excluding hydrogens is 368 g/mol. The van der Waals surface area contributed by atoms with E-state index in [0.717, 1.165) is 11.1 Å². The van der Waals surface area contributed by atoms with E-state index >= 15 is 0 Å². The maximum atomic E-state index is 12.8. The molecule has 144 valence electrons. The number of ether oxygens (including phenoxy) is 1. The number of carbonyl (C=O) groups is 1. The van der Waals surface area contributed by atoms with E-state index in [2.05, 4.69) is 0 Å². The number of sulfonamides is 1. The highest BCUT2D eigenvalue weighted by atomic mass is 32.2. The first-order valence-corrected chi connectivity index (χ1v) is 10.1. The van der Waals surface area contributed by atoms with Crippen LogP contribution in [0.5, 0.6) is 5.75 Å². The van der Waals surface area contributed by atoms with Gasteiger partial charge in [-0.15, -0.1) is 0 Å². The van der Waals surface area contributed by atoms with E-state index in [9.17, 15) is 18.3 Å². The molecule has 1 N–H and O–H groups in total. The molecule has 1 fully saturated rings. The molecule has 0 bridgehead atoms. The molecule has 1 aliphatic heterocycles. The largest absolute Gasteiger partial charge is 0.507 e. The number of phenolic OH excluding ortho intramolecular Hbond substituents is 1. The molecule has 2 aromatic rings. The first kappa shape index (κ1) is 19.2. The average Bonchev–Trinajstić information content (AvgIpc) is 2.68. The Kier molecular flexibility index (Phi) is 5.67. The van der Waals surface area contributed by atoms with Crippen LogP contribution in [-0.2, 0) is 21.4 Å². The highest BCUT2D eigenvalue weighted by Gasteiger charge is 2.32. The van der Waals surface area contributed by atoms with Crippen molar-refractivity contribution in [2.45, 2.75) is 18.4 Å². The van der Waals surface area contributed by atoms with Gasteiger partial charge in [-0.3, -0.25) is 0 Å². The quantitative estimate of drug-likeness (QED) is 0.866.